The van der Waals surface area contributed by atoms with Crippen LogP contribution in [0.15, 0.2) is 52.1 Å². The number of halogens is 4. The Morgan fingerprint density at radius 3 is 2.54 bits per heavy atom. The van der Waals surface area contributed by atoms with E-state index in [0.717, 1.165) is 5.56 Å². The molecular weight excluding hydrogens is 386 g/mol. The molecule has 0 aliphatic heterocycles. The average molecular weight is 397 g/mol. The molecule has 0 aliphatic carbocycles. The lowest BCUT2D eigenvalue weighted by Crippen LogP contribution is -2.16. The molecule has 8 heteroatoms. The van der Waals surface area contributed by atoms with Crippen LogP contribution in [0.25, 0.3) is 0 Å². The third-order valence-electron chi connectivity index (χ3n) is 3.46. The second-order valence-corrected chi connectivity index (χ2v) is 7.02. The van der Waals surface area contributed by atoms with E-state index in [2.05, 4.69) is 5.32 Å². The number of benzene rings is 2. The van der Waals surface area contributed by atoms with Crippen molar-refractivity contribution in [3.63, 3.8) is 0 Å². The van der Waals surface area contributed by atoms with E-state index < -0.39 is 34.7 Å². The summed E-state index contributed by atoms with van der Waals surface area (Å²) in [4.78, 5) is 12.9. The van der Waals surface area contributed by atoms with E-state index in [1.165, 1.54) is 11.8 Å². The van der Waals surface area contributed by atoms with Crippen LogP contribution in [0.1, 0.15) is 15.9 Å². The zero-order valence-electron chi connectivity index (χ0n) is 13.1. The van der Waals surface area contributed by atoms with Gasteiger partial charge in [0, 0.05) is 10.6 Å². The molecule has 1 N–H and O–H groups in total. The molecule has 0 unspecified atom stereocenters. The first-order valence-corrected chi connectivity index (χ1v) is 9.27. The summed E-state index contributed by atoms with van der Waals surface area (Å²) in [6, 6.07) is 9.08. The van der Waals surface area contributed by atoms with Crippen molar-refractivity contribution in [3.8, 4) is 0 Å². The van der Waals surface area contributed by atoms with E-state index >= 15 is 0 Å². The first-order chi connectivity index (χ1) is 12.5. The van der Waals surface area contributed by atoms with E-state index in [1.807, 2.05) is 16.8 Å². The van der Waals surface area contributed by atoms with Crippen LogP contribution in [-0.4, -0.2) is 5.91 Å². The van der Waals surface area contributed by atoms with Gasteiger partial charge in [-0.25, -0.2) is 17.6 Å². The number of hydrogen-bond acceptors (Lipinski definition) is 3. The second-order valence-electron chi connectivity index (χ2n) is 5.22. The topological polar surface area (TPSA) is 29.1 Å². The SMILES string of the molecule is O=C(Nc1ccccc1SCc1ccsc1)c1cc(F)c(F)c(F)c1F. The van der Waals surface area contributed by atoms with Crippen molar-refractivity contribution in [1.29, 1.82) is 0 Å². The summed E-state index contributed by atoms with van der Waals surface area (Å²) in [6.07, 6.45) is 0. The molecule has 2 aromatic carbocycles. The molecule has 0 radical (unpaired) electrons. The highest BCUT2D eigenvalue weighted by molar-refractivity contribution is 7.98. The summed E-state index contributed by atoms with van der Waals surface area (Å²) in [5, 5.41) is 6.36. The monoisotopic (exact) mass is 397 g/mol. The Morgan fingerprint density at radius 2 is 1.81 bits per heavy atom. The summed E-state index contributed by atoms with van der Waals surface area (Å²) in [6.45, 7) is 0. The van der Waals surface area contributed by atoms with Crippen molar-refractivity contribution in [1.82, 2.24) is 0 Å². The van der Waals surface area contributed by atoms with Crippen LogP contribution in [0.3, 0.4) is 0 Å². The van der Waals surface area contributed by atoms with Crippen LogP contribution in [0, 0.1) is 23.3 Å². The highest BCUT2D eigenvalue weighted by Crippen LogP contribution is 2.31. The van der Waals surface area contributed by atoms with Gasteiger partial charge >= 0.3 is 0 Å². The van der Waals surface area contributed by atoms with Gasteiger partial charge in [0.1, 0.15) is 0 Å². The van der Waals surface area contributed by atoms with E-state index in [-0.39, 0.29) is 0 Å². The molecule has 1 aromatic heterocycles. The van der Waals surface area contributed by atoms with Crippen molar-refractivity contribution in [3.05, 3.63) is 81.6 Å². The fourth-order valence-electron chi connectivity index (χ4n) is 2.16. The van der Waals surface area contributed by atoms with Crippen molar-refractivity contribution < 1.29 is 22.4 Å². The minimum absolute atomic E-state index is 0.337. The number of para-hydroxylation sites is 1. The highest BCUT2D eigenvalue weighted by Gasteiger charge is 2.23. The Morgan fingerprint density at radius 1 is 1.04 bits per heavy atom. The lowest BCUT2D eigenvalue weighted by atomic mass is 10.1. The highest BCUT2D eigenvalue weighted by atomic mass is 32.2. The first-order valence-electron chi connectivity index (χ1n) is 7.34. The van der Waals surface area contributed by atoms with Gasteiger partial charge in [-0.15, -0.1) is 11.8 Å². The first kappa shape index (κ1) is 18.5. The number of anilines is 1. The number of amides is 1. The number of thioether (sulfide) groups is 1. The zero-order valence-corrected chi connectivity index (χ0v) is 14.7. The van der Waals surface area contributed by atoms with Crippen LogP contribution in [0.5, 0.6) is 0 Å². The van der Waals surface area contributed by atoms with Gasteiger partial charge in [0.15, 0.2) is 23.3 Å². The van der Waals surface area contributed by atoms with Crippen molar-refractivity contribution >= 4 is 34.7 Å². The number of rotatable bonds is 5. The Kier molecular flexibility index (Phi) is 5.63. The van der Waals surface area contributed by atoms with Crippen LogP contribution < -0.4 is 5.32 Å². The molecule has 0 saturated carbocycles. The van der Waals surface area contributed by atoms with Gasteiger partial charge in [-0.3, -0.25) is 4.79 Å². The minimum atomic E-state index is -2.02. The molecule has 134 valence electrons. The lowest BCUT2D eigenvalue weighted by molar-refractivity contribution is 0.102. The zero-order chi connectivity index (χ0) is 18.7. The maximum atomic E-state index is 13.8. The molecule has 1 heterocycles. The van der Waals surface area contributed by atoms with Crippen LogP contribution in [0.4, 0.5) is 23.2 Å². The summed E-state index contributed by atoms with van der Waals surface area (Å²) in [7, 11) is 0. The number of carbonyl (C=O) groups excluding carboxylic acids is 1. The summed E-state index contributed by atoms with van der Waals surface area (Å²) in [5.41, 5.74) is 0.566. The molecule has 3 aromatic rings. The molecule has 0 atom stereocenters. The number of nitrogens with one attached hydrogen (secondary N) is 1. The fraction of sp³-hybridized carbons (Fsp3) is 0.0556. The Labute approximate surface area is 154 Å². The van der Waals surface area contributed by atoms with Crippen LogP contribution in [0.2, 0.25) is 0 Å². The molecule has 1 amide bonds. The van der Waals surface area contributed by atoms with Crippen LogP contribution >= 0.6 is 23.1 Å². The third-order valence-corrected chi connectivity index (χ3v) is 5.33. The number of thiophene rings is 1. The summed E-state index contributed by atoms with van der Waals surface area (Å²) >= 11 is 3.01. The second kappa shape index (κ2) is 7.92. The summed E-state index contributed by atoms with van der Waals surface area (Å²) in [5.74, 6) is -7.74. The molecule has 0 spiro atoms. The van der Waals surface area contributed by atoms with Gasteiger partial charge in [0.25, 0.3) is 5.91 Å². The molecule has 26 heavy (non-hydrogen) atoms. The van der Waals surface area contributed by atoms with E-state index in [4.69, 9.17) is 0 Å². The molecule has 2 nitrogen and oxygen atoms in total. The normalized spacial score (nSPS) is 10.8. The molecular formula is C18H11F4NOS2. The van der Waals surface area contributed by atoms with Gasteiger partial charge in [-0.1, -0.05) is 12.1 Å². The summed E-state index contributed by atoms with van der Waals surface area (Å²) < 4.78 is 53.5. The predicted octanol–water partition coefficient (Wildman–Crippen LogP) is 5.85. The number of hydrogen-bond donors (Lipinski definition) is 1. The lowest BCUT2D eigenvalue weighted by Gasteiger charge is -2.11. The largest absolute Gasteiger partial charge is 0.321 e. The third kappa shape index (κ3) is 3.91. The Bertz CT molecular complexity index is 945. The van der Waals surface area contributed by atoms with Gasteiger partial charge in [-0.2, -0.15) is 11.3 Å². The standard InChI is InChI=1S/C18H11F4NOS2/c19-12-7-11(15(20)17(22)16(12)21)18(24)23-13-3-1-2-4-14(13)26-9-10-5-6-25-8-10/h1-8H,9H2,(H,23,24). The maximum Gasteiger partial charge on any atom is 0.258 e. The van der Waals surface area contributed by atoms with Gasteiger partial charge < -0.3 is 5.32 Å². The predicted molar refractivity (Wildman–Crippen MR) is 94.5 cm³/mol. The molecule has 0 fully saturated rings. The van der Waals surface area contributed by atoms with E-state index in [0.29, 0.717) is 22.4 Å². The Hall–Kier alpha value is -2.32. The number of carbonyl (C=O) groups is 1. The van der Waals surface area contributed by atoms with Crippen LogP contribution in [-0.2, 0) is 5.75 Å². The van der Waals surface area contributed by atoms with Gasteiger partial charge in [-0.05, 0) is 40.6 Å². The van der Waals surface area contributed by atoms with Crippen molar-refractivity contribution in [2.24, 2.45) is 0 Å². The Balaban J connectivity index is 1.82. The fourth-order valence-corrected chi connectivity index (χ4v) is 3.88. The average Bonchev–Trinajstić information content (AvgIpc) is 3.15. The van der Waals surface area contributed by atoms with Crippen molar-refractivity contribution in [2.45, 2.75) is 10.6 Å². The molecule has 0 saturated heterocycles. The van der Waals surface area contributed by atoms with Gasteiger partial charge in [0.2, 0.25) is 0 Å². The minimum Gasteiger partial charge on any atom is -0.321 e. The quantitative estimate of drug-likeness (QED) is 0.253. The van der Waals surface area contributed by atoms with Crippen molar-refractivity contribution in [2.75, 3.05) is 5.32 Å². The molecule has 0 aliphatic rings. The molecule has 0 bridgehead atoms. The maximum absolute atomic E-state index is 13.8. The van der Waals surface area contributed by atoms with E-state index in [9.17, 15) is 22.4 Å². The van der Waals surface area contributed by atoms with Gasteiger partial charge in [0.05, 0.1) is 11.3 Å². The smallest absolute Gasteiger partial charge is 0.258 e. The molecule has 3 rings (SSSR count). The van der Waals surface area contributed by atoms with E-state index in [1.54, 1.807) is 35.6 Å².